The molecule has 2 rings (SSSR count). The number of amides is 1. The summed E-state index contributed by atoms with van der Waals surface area (Å²) in [4.78, 5) is 11.4. The Kier molecular flexibility index (Phi) is 3.62. The van der Waals surface area contributed by atoms with Crippen LogP contribution in [-0.2, 0) is 4.79 Å². The molecule has 0 spiro atoms. The first kappa shape index (κ1) is 12.8. The summed E-state index contributed by atoms with van der Waals surface area (Å²) < 4.78 is 12.8. The van der Waals surface area contributed by atoms with Gasteiger partial charge in [0.25, 0.3) is 0 Å². The van der Waals surface area contributed by atoms with Crippen molar-refractivity contribution in [1.82, 2.24) is 5.32 Å². The van der Waals surface area contributed by atoms with E-state index < -0.39 is 0 Å². The van der Waals surface area contributed by atoms with E-state index in [1.165, 1.54) is 12.1 Å². The number of nitrogens with zero attached hydrogens (tertiary/aromatic N) is 1. The van der Waals surface area contributed by atoms with Crippen LogP contribution in [0.3, 0.4) is 0 Å². The number of allylic oxidation sites excluding steroid dienone is 2. The van der Waals surface area contributed by atoms with Crippen molar-refractivity contribution in [2.45, 2.75) is 13.3 Å². The number of nitriles is 1. The predicted molar refractivity (Wildman–Crippen MR) is 69.2 cm³/mol. The van der Waals surface area contributed by atoms with E-state index in [0.717, 1.165) is 0 Å². The molecule has 5 heteroatoms. The summed E-state index contributed by atoms with van der Waals surface area (Å²) in [6, 6.07) is 7.90. The second kappa shape index (κ2) is 5.36. The van der Waals surface area contributed by atoms with Crippen molar-refractivity contribution in [2.24, 2.45) is 0 Å². The van der Waals surface area contributed by atoms with Crippen LogP contribution in [0, 0.1) is 17.1 Å². The summed E-state index contributed by atoms with van der Waals surface area (Å²) in [7, 11) is 0. The lowest BCUT2D eigenvalue weighted by molar-refractivity contribution is -0.119. The Morgan fingerprint density at radius 2 is 2.11 bits per heavy atom. The monoisotopic (exact) mass is 257 g/mol. The Hall–Kier alpha value is -2.61. The normalized spacial score (nSPS) is 17.1. The molecule has 0 saturated heterocycles. The number of carbonyl (C=O) groups is 1. The molecule has 1 heterocycles. The van der Waals surface area contributed by atoms with Crippen molar-refractivity contribution in [3.63, 3.8) is 0 Å². The minimum Gasteiger partial charge on any atom is -0.361 e. The lowest BCUT2D eigenvalue weighted by Crippen LogP contribution is -2.28. The van der Waals surface area contributed by atoms with Crippen molar-refractivity contribution in [1.29, 1.82) is 5.26 Å². The summed E-state index contributed by atoms with van der Waals surface area (Å²) in [5, 5.41) is 14.6. The Labute approximate surface area is 110 Å². The molecule has 1 aromatic rings. The zero-order valence-electron chi connectivity index (χ0n) is 10.3. The SMILES string of the molecule is CC1=C(C#N)/C(=C\Nc2ccc(F)cc2)CC(=O)N1. The minimum absolute atomic E-state index is 0.147. The predicted octanol–water partition coefficient (Wildman–Crippen LogP) is 2.44. The molecule has 19 heavy (non-hydrogen) atoms. The van der Waals surface area contributed by atoms with Gasteiger partial charge < -0.3 is 10.6 Å². The number of anilines is 1. The van der Waals surface area contributed by atoms with Gasteiger partial charge in [-0.25, -0.2) is 4.39 Å². The standard InChI is InChI=1S/C14H12FN3O/c1-9-13(7-16)10(6-14(19)18-9)8-17-12-4-2-11(15)3-5-12/h2-5,8,17H,6H2,1H3,(H,18,19)/b10-8-. The van der Waals surface area contributed by atoms with Gasteiger partial charge in [-0.15, -0.1) is 0 Å². The van der Waals surface area contributed by atoms with Crippen molar-refractivity contribution >= 4 is 11.6 Å². The van der Waals surface area contributed by atoms with Gasteiger partial charge in [-0.1, -0.05) is 0 Å². The fourth-order valence-electron chi connectivity index (χ4n) is 1.81. The average molecular weight is 257 g/mol. The van der Waals surface area contributed by atoms with Crippen LogP contribution in [0.2, 0.25) is 0 Å². The molecule has 4 nitrogen and oxygen atoms in total. The van der Waals surface area contributed by atoms with Gasteiger partial charge in [0, 0.05) is 17.6 Å². The second-order valence-corrected chi connectivity index (χ2v) is 4.16. The number of benzene rings is 1. The molecule has 1 aliphatic rings. The van der Waals surface area contributed by atoms with Crippen LogP contribution in [0.25, 0.3) is 0 Å². The van der Waals surface area contributed by atoms with Gasteiger partial charge >= 0.3 is 0 Å². The molecule has 0 aliphatic carbocycles. The van der Waals surface area contributed by atoms with Crippen LogP contribution in [0.15, 0.2) is 47.3 Å². The second-order valence-electron chi connectivity index (χ2n) is 4.16. The molecule has 0 unspecified atom stereocenters. The first-order valence-electron chi connectivity index (χ1n) is 5.72. The first-order valence-corrected chi connectivity index (χ1v) is 5.72. The smallest absolute Gasteiger partial charge is 0.228 e. The number of rotatable bonds is 2. The number of carbonyl (C=O) groups excluding carboxylic acids is 1. The number of halogens is 1. The fourth-order valence-corrected chi connectivity index (χ4v) is 1.81. The molecule has 0 aromatic heterocycles. The fraction of sp³-hybridized carbons (Fsp3) is 0.143. The van der Waals surface area contributed by atoms with Crippen LogP contribution in [-0.4, -0.2) is 5.91 Å². The van der Waals surface area contributed by atoms with E-state index >= 15 is 0 Å². The summed E-state index contributed by atoms with van der Waals surface area (Å²) in [6.45, 7) is 1.68. The zero-order valence-corrected chi connectivity index (χ0v) is 10.3. The van der Waals surface area contributed by atoms with Gasteiger partial charge in [0.15, 0.2) is 0 Å². The van der Waals surface area contributed by atoms with E-state index in [1.54, 1.807) is 25.3 Å². The summed E-state index contributed by atoms with van der Waals surface area (Å²) >= 11 is 0. The quantitative estimate of drug-likeness (QED) is 0.855. The van der Waals surface area contributed by atoms with Crippen molar-refractivity contribution in [3.05, 3.63) is 53.1 Å². The van der Waals surface area contributed by atoms with Crippen molar-refractivity contribution < 1.29 is 9.18 Å². The van der Waals surface area contributed by atoms with Crippen molar-refractivity contribution in [2.75, 3.05) is 5.32 Å². The zero-order chi connectivity index (χ0) is 13.8. The third kappa shape index (κ3) is 2.99. The molecular weight excluding hydrogens is 245 g/mol. The van der Waals surface area contributed by atoms with E-state index in [9.17, 15) is 9.18 Å². The van der Waals surface area contributed by atoms with E-state index in [4.69, 9.17) is 5.26 Å². The van der Waals surface area contributed by atoms with Gasteiger partial charge in [-0.05, 0) is 36.8 Å². The molecule has 96 valence electrons. The molecule has 2 N–H and O–H groups in total. The topological polar surface area (TPSA) is 64.9 Å². The lowest BCUT2D eigenvalue weighted by Gasteiger charge is -2.17. The van der Waals surface area contributed by atoms with Crippen LogP contribution < -0.4 is 10.6 Å². The summed E-state index contributed by atoms with van der Waals surface area (Å²) in [5.41, 5.74) is 2.31. The van der Waals surface area contributed by atoms with E-state index in [0.29, 0.717) is 22.5 Å². The van der Waals surface area contributed by atoms with Crippen molar-refractivity contribution in [3.8, 4) is 6.07 Å². The van der Waals surface area contributed by atoms with Crippen LogP contribution in [0.4, 0.5) is 10.1 Å². The highest BCUT2D eigenvalue weighted by molar-refractivity contribution is 5.85. The van der Waals surface area contributed by atoms with Crippen LogP contribution in [0.5, 0.6) is 0 Å². The average Bonchev–Trinajstić information content (AvgIpc) is 2.37. The maximum atomic E-state index is 12.8. The Morgan fingerprint density at radius 1 is 1.42 bits per heavy atom. The third-order valence-corrected chi connectivity index (χ3v) is 2.74. The molecule has 0 radical (unpaired) electrons. The van der Waals surface area contributed by atoms with Crippen LogP contribution >= 0.6 is 0 Å². The molecular formula is C14H12FN3O. The summed E-state index contributed by atoms with van der Waals surface area (Å²) in [5.74, 6) is -0.465. The number of hydrogen-bond donors (Lipinski definition) is 2. The highest BCUT2D eigenvalue weighted by Gasteiger charge is 2.19. The number of nitrogens with one attached hydrogen (secondary N) is 2. The molecule has 0 atom stereocenters. The molecule has 1 aliphatic heterocycles. The molecule has 0 fully saturated rings. The first-order chi connectivity index (χ1) is 9.10. The highest BCUT2D eigenvalue weighted by atomic mass is 19.1. The Bertz CT molecular complexity index is 609. The minimum atomic E-state index is -0.316. The van der Waals surface area contributed by atoms with E-state index in [-0.39, 0.29) is 18.1 Å². The lowest BCUT2D eigenvalue weighted by atomic mass is 9.99. The molecule has 0 saturated carbocycles. The maximum absolute atomic E-state index is 12.8. The van der Waals surface area contributed by atoms with E-state index in [1.807, 2.05) is 0 Å². The third-order valence-electron chi connectivity index (χ3n) is 2.74. The van der Waals surface area contributed by atoms with Gasteiger partial charge in [-0.3, -0.25) is 4.79 Å². The van der Waals surface area contributed by atoms with E-state index in [2.05, 4.69) is 16.7 Å². The maximum Gasteiger partial charge on any atom is 0.228 e. The number of hydrogen-bond acceptors (Lipinski definition) is 3. The Balaban J connectivity index is 2.22. The molecule has 0 bridgehead atoms. The summed E-state index contributed by atoms with van der Waals surface area (Å²) in [6.07, 6.45) is 1.75. The van der Waals surface area contributed by atoms with Gasteiger partial charge in [-0.2, -0.15) is 5.26 Å². The molecule has 1 amide bonds. The Morgan fingerprint density at radius 3 is 2.74 bits per heavy atom. The van der Waals surface area contributed by atoms with Crippen LogP contribution in [0.1, 0.15) is 13.3 Å². The molecule has 1 aromatic carbocycles. The van der Waals surface area contributed by atoms with Gasteiger partial charge in [0.05, 0.1) is 12.0 Å². The van der Waals surface area contributed by atoms with Gasteiger partial charge in [0.2, 0.25) is 5.91 Å². The highest BCUT2D eigenvalue weighted by Crippen LogP contribution is 2.21. The largest absolute Gasteiger partial charge is 0.361 e. The van der Waals surface area contributed by atoms with Gasteiger partial charge in [0.1, 0.15) is 11.9 Å².